The molecule has 220 valence electrons. The van der Waals surface area contributed by atoms with Crippen LogP contribution in [-0.4, -0.2) is 5.78 Å². The highest BCUT2D eigenvalue weighted by atomic mass is 16.1. The van der Waals surface area contributed by atoms with Gasteiger partial charge in [-0.25, -0.2) is 0 Å². The molecule has 0 aromatic heterocycles. The lowest BCUT2D eigenvalue weighted by atomic mass is 9.65. The van der Waals surface area contributed by atoms with Gasteiger partial charge in [-0.2, -0.15) is 0 Å². The smallest absolute Gasteiger partial charge is 0.152 e. The van der Waals surface area contributed by atoms with Crippen molar-refractivity contribution in [3.63, 3.8) is 0 Å². The minimum Gasteiger partial charge on any atom is -0.298 e. The molecule has 0 fully saturated rings. The Morgan fingerprint density at radius 2 is 0.786 bits per heavy atom. The highest BCUT2D eigenvalue weighted by Crippen LogP contribution is 2.42. The molecule has 0 bridgehead atoms. The maximum absolute atomic E-state index is 14.5. The van der Waals surface area contributed by atoms with E-state index in [1.165, 1.54) is 81.8 Å². The standard InChI is InChI=1S/C41H50O/c1-2-3-4-5-6-7-8-9-10-11-12-13-23-30-40(42)41(37-26-19-15-20-27-37,38-28-21-16-22-29-38)39-33-31-36(32-34-39)35-24-17-14-18-25-35/h14-22,24-29,31-34H,2-13,23,30H2,1H3. The molecular weight excluding hydrogens is 508 g/mol. The third kappa shape index (κ3) is 8.54. The predicted molar refractivity (Wildman–Crippen MR) is 180 cm³/mol. The molecule has 1 heteroatoms. The van der Waals surface area contributed by atoms with Gasteiger partial charge in [0.15, 0.2) is 5.78 Å². The summed E-state index contributed by atoms with van der Waals surface area (Å²) in [4.78, 5) is 14.5. The zero-order valence-electron chi connectivity index (χ0n) is 25.8. The van der Waals surface area contributed by atoms with E-state index in [4.69, 9.17) is 0 Å². The molecule has 4 aromatic carbocycles. The molecule has 0 heterocycles. The lowest BCUT2D eigenvalue weighted by Gasteiger charge is -2.35. The number of carbonyl (C=O) groups is 1. The minimum absolute atomic E-state index is 0.287. The summed E-state index contributed by atoms with van der Waals surface area (Å²) in [6.07, 6.45) is 17.6. The summed E-state index contributed by atoms with van der Waals surface area (Å²) in [5, 5.41) is 0. The molecule has 0 unspecified atom stereocenters. The van der Waals surface area contributed by atoms with E-state index < -0.39 is 5.41 Å². The van der Waals surface area contributed by atoms with Gasteiger partial charge in [0.05, 0.1) is 0 Å². The topological polar surface area (TPSA) is 17.1 Å². The van der Waals surface area contributed by atoms with Gasteiger partial charge in [0.25, 0.3) is 0 Å². The largest absolute Gasteiger partial charge is 0.298 e. The average Bonchev–Trinajstić information content (AvgIpc) is 3.05. The molecule has 0 saturated carbocycles. The van der Waals surface area contributed by atoms with Gasteiger partial charge in [-0.3, -0.25) is 4.79 Å². The number of rotatable bonds is 19. The molecule has 0 saturated heterocycles. The van der Waals surface area contributed by atoms with Gasteiger partial charge in [0, 0.05) is 6.42 Å². The molecule has 0 aliphatic heterocycles. The van der Waals surface area contributed by atoms with Crippen molar-refractivity contribution in [2.75, 3.05) is 0 Å². The van der Waals surface area contributed by atoms with Crippen molar-refractivity contribution in [1.82, 2.24) is 0 Å². The quantitative estimate of drug-likeness (QED) is 0.0826. The highest BCUT2D eigenvalue weighted by molar-refractivity contribution is 5.97. The summed E-state index contributed by atoms with van der Waals surface area (Å²) in [5.74, 6) is 0.287. The van der Waals surface area contributed by atoms with E-state index in [1.54, 1.807) is 0 Å². The number of Topliss-reactive ketones (excluding diaryl/α,β-unsaturated/α-hetero) is 1. The van der Waals surface area contributed by atoms with Crippen LogP contribution in [0, 0.1) is 0 Å². The fraction of sp³-hybridized carbons (Fsp3) is 0.390. The third-order valence-corrected chi connectivity index (χ3v) is 8.76. The number of hydrogen-bond donors (Lipinski definition) is 0. The Labute approximate surface area is 255 Å². The first kappa shape index (κ1) is 31.5. The molecule has 4 aromatic rings. The zero-order valence-corrected chi connectivity index (χ0v) is 25.8. The number of ketones is 1. The second kappa shape index (κ2) is 17.5. The minimum atomic E-state index is -0.825. The Bertz CT molecular complexity index is 1240. The molecule has 0 atom stereocenters. The SMILES string of the molecule is CCCCCCCCCCCCCCCC(=O)C(c1ccccc1)(c1ccccc1)c1ccc(-c2ccccc2)cc1. The van der Waals surface area contributed by atoms with Crippen LogP contribution in [0.4, 0.5) is 0 Å². The predicted octanol–water partition coefficient (Wildman–Crippen LogP) is 11.7. The van der Waals surface area contributed by atoms with E-state index in [-0.39, 0.29) is 5.78 Å². The molecule has 0 N–H and O–H groups in total. The van der Waals surface area contributed by atoms with Crippen LogP contribution in [0.2, 0.25) is 0 Å². The van der Waals surface area contributed by atoms with Gasteiger partial charge in [0.2, 0.25) is 0 Å². The van der Waals surface area contributed by atoms with E-state index >= 15 is 0 Å². The molecule has 0 radical (unpaired) electrons. The molecule has 0 aliphatic rings. The zero-order chi connectivity index (χ0) is 29.3. The van der Waals surface area contributed by atoms with Crippen LogP contribution in [0.1, 0.15) is 114 Å². The summed E-state index contributed by atoms with van der Waals surface area (Å²) < 4.78 is 0. The van der Waals surface area contributed by atoms with E-state index in [2.05, 4.69) is 104 Å². The van der Waals surface area contributed by atoms with Gasteiger partial charge >= 0.3 is 0 Å². The van der Waals surface area contributed by atoms with Crippen LogP contribution in [0.5, 0.6) is 0 Å². The second-order valence-corrected chi connectivity index (χ2v) is 11.8. The summed E-state index contributed by atoms with van der Waals surface area (Å²) >= 11 is 0. The van der Waals surface area contributed by atoms with E-state index in [0.29, 0.717) is 6.42 Å². The number of unbranched alkanes of at least 4 members (excludes halogenated alkanes) is 12. The van der Waals surface area contributed by atoms with E-state index in [0.717, 1.165) is 29.5 Å². The maximum Gasteiger partial charge on any atom is 0.152 e. The number of benzene rings is 4. The molecule has 4 rings (SSSR count). The van der Waals surface area contributed by atoms with Crippen LogP contribution < -0.4 is 0 Å². The van der Waals surface area contributed by atoms with Crippen LogP contribution >= 0.6 is 0 Å². The van der Waals surface area contributed by atoms with Crippen molar-refractivity contribution in [3.05, 3.63) is 132 Å². The Hall–Kier alpha value is -3.45. The third-order valence-electron chi connectivity index (χ3n) is 8.76. The Morgan fingerprint density at radius 1 is 0.429 bits per heavy atom. The maximum atomic E-state index is 14.5. The number of carbonyl (C=O) groups excluding carboxylic acids is 1. The first-order chi connectivity index (χ1) is 20.8. The fourth-order valence-electron chi connectivity index (χ4n) is 6.39. The Balaban J connectivity index is 1.43. The Morgan fingerprint density at radius 3 is 1.24 bits per heavy atom. The summed E-state index contributed by atoms with van der Waals surface area (Å²) in [5.41, 5.74) is 4.66. The molecule has 1 nitrogen and oxygen atoms in total. The van der Waals surface area contributed by atoms with Gasteiger partial charge in [-0.05, 0) is 34.2 Å². The average molecular weight is 559 g/mol. The first-order valence-electron chi connectivity index (χ1n) is 16.6. The van der Waals surface area contributed by atoms with Crippen LogP contribution in [-0.2, 0) is 10.2 Å². The molecule has 0 aliphatic carbocycles. The molecule has 0 amide bonds. The van der Waals surface area contributed by atoms with Crippen molar-refractivity contribution >= 4 is 5.78 Å². The summed E-state index contributed by atoms with van der Waals surface area (Å²) in [7, 11) is 0. The van der Waals surface area contributed by atoms with Crippen molar-refractivity contribution in [3.8, 4) is 11.1 Å². The summed E-state index contributed by atoms with van der Waals surface area (Å²) in [6, 6.07) is 39.9. The second-order valence-electron chi connectivity index (χ2n) is 11.8. The van der Waals surface area contributed by atoms with Crippen molar-refractivity contribution < 1.29 is 4.79 Å². The van der Waals surface area contributed by atoms with Gasteiger partial charge in [-0.1, -0.05) is 199 Å². The molecule has 42 heavy (non-hydrogen) atoms. The molecular formula is C41H50O. The normalized spacial score (nSPS) is 11.5. The monoisotopic (exact) mass is 558 g/mol. The van der Waals surface area contributed by atoms with Gasteiger partial charge in [0.1, 0.15) is 5.41 Å². The fourth-order valence-corrected chi connectivity index (χ4v) is 6.39. The van der Waals surface area contributed by atoms with Gasteiger partial charge in [-0.15, -0.1) is 0 Å². The summed E-state index contributed by atoms with van der Waals surface area (Å²) in [6.45, 7) is 2.28. The van der Waals surface area contributed by atoms with Crippen molar-refractivity contribution in [2.24, 2.45) is 0 Å². The lowest BCUT2D eigenvalue weighted by Crippen LogP contribution is -2.38. The first-order valence-corrected chi connectivity index (χ1v) is 16.6. The van der Waals surface area contributed by atoms with Crippen molar-refractivity contribution in [2.45, 2.75) is 102 Å². The van der Waals surface area contributed by atoms with Crippen LogP contribution in [0.25, 0.3) is 11.1 Å². The molecule has 0 spiro atoms. The lowest BCUT2D eigenvalue weighted by molar-refractivity contribution is -0.122. The Kier molecular flexibility index (Phi) is 13.1. The highest BCUT2D eigenvalue weighted by Gasteiger charge is 2.42. The van der Waals surface area contributed by atoms with E-state index in [9.17, 15) is 4.79 Å². The van der Waals surface area contributed by atoms with E-state index in [1.807, 2.05) is 18.2 Å². The van der Waals surface area contributed by atoms with Gasteiger partial charge < -0.3 is 0 Å². The van der Waals surface area contributed by atoms with Crippen molar-refractivity contribution in [1.29, 1.82) is 0 Å². The van der Waals surface area contributed by atoms with Crippen LogP contribution in [0.3, 0.4) is 0 Å². The van der Waals surface area contributed by atoms with Crippen LogP contribution in [0.15, 0.2) is 115 Å². The number of hydrogen-bond acceptors (Lipinski definition) is 1.